The second-order valence-electron chi connectivity index (χ2n) is 6.79. The van der Waals surface area contributed by atoms with Crippen molar-refractivity contribution in [2.75, 3.05) is 13.1 Å². The van der Waals surface area contributed by atoms with Crippen LogP contribution in [0.3, 0.4) is 0 Å². The topological polar surface area (TPSA) is 38.1 Å². The van der Waals surface area contributed by atoms with Crippen LogP contribution in [0.4, 0.5) is 0 Å². The summed E-state index contributed by atoms with van der Waals surface area (Å²) in [6.45, 7) is 4.88. The van der Waals surface area contributed by atoms with E-state index in [1.807, 2.05) is 11.1 Å². The molecule has 0 N–H and O–H groups in total. The molecule has 0 radical (unpaired) electrons. The molecule has 1 atom stereocenters. The Kier molecular flexibility index (Phi) is 3.68. The quantitative estimate of drug-likeness (QED) is 0.854. The van der Waals surface area contributed by atoms with Gasteiger partial charge in [0.25, 0.3) is 5.91 Å². The predicted octanol–water partition coefficient (Wildman–Crippen LogP) is 3.16. The Hall–Kier alpha value is -2.10. The van der Waals surface area contributed by atoms with Crippen LogP contribution in [0, 0.1) is 6.92 Å². The monoisotopic (exact) mass is 309 g/mol. The number of hydrogen-bond donors (Lipinski definition) is 0. The molecular formula is C19H23N3O. The van der Waals surface area contributed by atoms with E-state index in [9.17, 15) is 4.79 Å². The van der Waals surface area contributed by atoms with Crippen molar-refractivity contribution in [2.24, 2.45) is 0 Å². The number of amides is 1. The number of imidazole rings is 1. The number of carbonyl (C=O) groups excluding carboxylic acids is 1. The van der Waals surface area contributed by atoms with E-state index in [0.29, 0.717) is 11.6 Å². The summed E-state index contributed by atoms with van der Waals surface area (Å²) in [7, 11) is 0. The summed E-state index contributed by atoms with van der Waals surface area (Å²) < 4.78 is 2.20. The Morgan fingerprint density at radius 1 is 1.22 bits per heavy atom. The van der Waals surface area contributed by atoms with Crippen LogP contribution in [-0.4, -0.2) is 33.4 Å². The van der Waals surface area contributed by atoms with Crippen LogP contribution in [0.15, 0.2) is 30.5 Å². The third kappa shape index (κ3) is 2.67. The molecule has 2 aliphatic rings. The van der Waals surface area contributed by atoms with Crippen LogP contribution in [-0.2, 0) is 13.0 Å². The van der Waals surface area contributed by atoms with Gasteiger partial charge in [-0.3, -0.25) is 4.79 Å². The number of aromatic nitrogens is 2. The first-order valence-electron chi connectivity index (χ1n) is 8.63. The average Bonchev–Trinajstić information content (AvgIpc) is 3.23. The van der Waals surface area contributed by atoms with Gasteiger partial charge >= 0.3 is 0 Å². The molecule has 4 rings (SSSR count). The van der Waals surface area contributed by atoms with Gasteiger partial charge in [0.05, 0.1) is 0 Å². The molecule has 1 amide bonds. The highest BCUT2D eigenvalue weighted by atomic mass is 16.2. The Morgan fingerprint density at radius 3 is 2.78 bits per heavy atom. The Labute approximate surface area is 137 Å². The lowest BCUT2D eigenvalue weighted by Crippen LogP contribution is -2.27. The summed E-state index contributed by atoms with van der Waals surface area (Å²) in [5, 5.41) is 0. The number of aryl methyl sites for hydroxylation is 2. The third-order valence-corrected chi connectivity index (χ3v) is 5.23. The fourth-order valence-electron chi connectivity index (χ4n) is 3.93. The molecule has 0 unspecified atom stereocenters. The van der Waals surface area contributed by atoms with Crippen LogP contribution in [0.5, 0.6) is 0 Å². The molecule has 1 aromatic heterocycles. The van der Waals surface area contributed by atoms with Crippen LogP contribution >= 0.6 is 0 Å². The molecule has 3 heterocycles. The van der Waals surface area contributed by atoms with Crippen molar-refractivity contribution in [2.45, 2.75) is 45.1 Å². The fraction of sp³-hybridized carbons (Fsp3) is 0.474. The van der Waals surface area contributed by atoms with Crippen LogP contribution in [0.1, 0.15) is 52.6 Å². The number of fused-ring (bicyclic) bond motifs is 1. The predicted molar refractivity (Wildman–Crippen MR) is 89.6 cm³/mol. The number of likely N-dealkylation sites (tertiary alicyclic amines) is 1. The molecule has 4 nitrogen and oxygen atoms in total. The second-order valence-corrected chi connectivity index (χ2v) is 6.79. The van der Waals surface area contributed by atoms with Crippen molar-refractivity contribution in [3.63, 3.8) is 0 Å². The van der Waals surface area contributed by atoms with E-state index in [4.69, 9.17) is 0 Å². The normalized spacial score (nSPS) is 20.6. The van der Waals surface area contributed by atoms with E-state index < -0.39 is 0 Å². The van der Waals surface area contributed by atoms with Gasteiger partial charge in [-0.25, -0.2) is 4.98 Å². The molecule has 1 aromatic carbocycles. The SMILES string of the molecule is Cc1ccccc1[C@H]1CCc2nc(C(=O)N3CCCC3)cn2C1. The minimum atomic E-state index is 0.108. The summed E-state index contributed by atoms with van der Waals surface area (Å²) in [4.78, 5) is 19.1. The molecule has 1 saturated heterocycles. The summed E-state index contributed by atoms with van der Waals surface area (Å²) in [5.41, 5.74) is 3.42. The summed E-state index contributed by atoms with van der Waals surface area (Å²) >= 11 is 0. The molecule has 2 aromatic rings. The largest absolute Gasteiger partial charge is 0.337 e. The number of carbonyl (C=O) groups is 1. The smallest absolute Gasteiger partial charge is 0.274 e. The van der Waals surface area contributed by atoms with Gasteiger partial charge in [-0.15, -0.1) is 0 Å². The van der Waals surface area contributed by atoms with E-state index in [1.165, 1.54) is 11.1 Å². The van der Waals surface area contributed by atoms with Crippen LogP contribution < -0.4 is 0 Å². The second kappa shape index (κ2) is 5.84. The highest BCUT2D eigenvalue weighted by Gasteiger charge is 2.26. The lowest BCUT2D eigenvalue weighted by Gasteiger charge is -2.25. The van der Waals surface area contributed by atoms with E-state index >= 15 is 0 Å². The molecule has 0 aliphatic carbocycles. The zero-order chi connectivity index (χ0) is 15.8. The van der Waals surface area contributed by atoms with Gasteiger partial charge in [0.2, 0.25) is 0 Å². The van der Waals surface area contributed by atoms with Gasteiger partial charge < -0.3 is 9.47 Å². The maximum Gasteiger partial charge on any atom is 0.274 e. The maximum atomic E-state index is 12.5. The van der Waals surface area contributed by atoms with Gasteiger partial charge in [-0.1, -0.05) is 24.3 Å². The average molecular weight is 309 g/mol. The van der Waals surface area contributed by atoms with E-state index in [0.717, 1.165) is 51.1 Å². The molecule has 23 heavy (non-hydrogen) atoms. The van der Waals surface area contributed by atoms with E-state index in [-0.39, 0.29) is 5.91 Å². The molecule has 120 valence electrons. The number of rotatable bonds is 2. The maximum absolute atomic E-state index is 12.5. The fourth-order valence-corrected chi connectivity index (χ4v) is 3.93. The molecule has 2 aliphatic heterocycles. The summed E-state index contributed by atoms with van der Waals surface area (Å²) in [5.74, 6) is 1.70. The van der Waals surface area contributed by atoms with Crippen LogP contribution in [0.25, 0.3) is 0 Å². The molecule has 1 fully saturated rings. The first kappa shape index (κ1) is 14.5. The van der Waals surface area contributed by atoms with Crippen LogP contribution in [0.2, 0.25) is 0 Å². The highest BCUT2D eigenvalue weighted by molar-refractivity contribution is 5.92. The van der Waals surface area contributed by atoms with E-state index in [2.05, 4.69) is 40.7 Å². The van der Waals surface area contributed by atoms with Gasteiger partial charge in [0.1, 0.15) is 11.5 Å². The minimum absolute atomic E-state index is 0.108. The summed E-state index contributed by atoms with van der Waals surface area (Å²) in [6, 6.07) is 8.63. The van der Waals surface area contributed by atoms with Crippen molar-refractivity contribution in [1.82, 2.24) is 14.5 Å². The number of hydrogen-bond acceptors (Lipinski definition) is 2. The van der Waals surface area contributed by atoms with Crippen molar-refractivity contribution in [3.05, 3.63) is 53.1 Å². The van der Waals surface area contributed by atoms with E-state index in [1.54, 1.807) is 0 Å². The first-order chi connectivity index (χ1) is 11.2. The standard InChI is InChI=1S/C19H23N3O/c1-14-6-2-3-7-16(14)15-8-9-18-20-17(13-22(18)12-15)19(23)21-10-4-5-11-21/h2-3,6-7,13,15H,4-5,8-12H2,1H3/t15-/m0/s1. The third-order valence-electron chi connectivity index (χ3n) is 5.23. The number of nitrogens with zero attached hydrogens (tertiary/aromatic N) is 3. The number of benzene rings is 1. The Balaban J connectivity index is 1.56. The molecular weight excluding hydrogens is 286 g/mol. The van der Waals surface area contributed by atoms with Crippen molar-refractivity contribution >= 4 is 5.91 Å². The van der Waals surface area contributed by atoms with Crippen molar-refractivity contribution in [1.29, 1.82) is 0 Å². The molecule has 0 bridgehead atoms. The minimum Gasteiger partial charge on any atom is -0.337 e. The molecule has 0 saturated carbocycles. The van der Waals surface area contributed by atoms with Gasteiger partial charge in [0.15, 0.2) is 0 Å². The molecule has 0 spiro atoms. The highest BCUT2D eigenvalue weighted by Crippen LogP contribution is 2.30. The zero-order valence-electron chi connectivity index (χ0n) is 13.7. The molecule has 4 heteroatoms. The Bertz CT molecular complexity index is 728. The zero-order valence-corrected chi connectivity index (χ0v) is 13.7. The van der Waals surface area contributed by atoms with Crippen molar-refractivity contribution in [3.8, 4) is 0 Å². The van der Waals surface area contributed by atoms with Gasteiger partial charge in [-0.05, 0) is 37.3 Å². The summed E-state index contributed by atoms with van der Waals surface area (Å²) in [6.07, 6.45) is 6.27. The first-order valence-corrected chi connectivity index (χ1v) is 8.63. The van der Waals surface area contributed by atoms with Gasteiger partial charge in [-0.2, -0.15) is 0 Å². The van der Waals surface area contributed by atoms with Crippen molar-refractivity contribution < 1.29 is 4.79 Å². The lowest BCUT2D eigenvalue weighted by atomic mass is 9.89. The lowest BCUT2D eigenvalue weighted by molar-refractivity contribution is 0.0787. The van der Waals surface area contributed by atoms with Gasteiger partial charge in [0, 0.05) is 38.2 Å². The Morgan fingerprint density at radius 2 is 2.00 bits per heavy atom.